The van der Waals surface area contributed by atoms with Gasteiger partial charge in [0, 0.05) is 36.5 Å². The first-order chi connectivity index (χ1) is 13.3. The van der Waals surface area contributed by atoms with Gasteiger partial charge >= 0.3 is 0 Å². The van der Waals surface area contributed by atoms with Crippen molar-refractivity contribution in [3.63, 3.8) is 0 Å². The molecule has 2 aromatic rings. The normalized spacial score (nSPS) is 26.9. The zero-order valence-corrected chi connectivity index (χ0v) is 16.3. The number of hydrogen-bond donors (Lipinski definition) is 2. The Labute approximate surface area is 164 Å². The van der Waals surface area contributed by atoms with Crippen LogP contribution in [0, 0.1) is 5.92 Å². The van der Waals surface area contributed by atoms with Gasteiger partial charge in [0.1, 0.15) is 0 Å². The van der Waals surface area contributed by atoms with E-state index in [0.717, 1.165) is 31.1 Å². The van der Waals surface area contributed by atoms with Crippen LogP contribution in [0.25, 0.3) is 0 Å². The first-order valence-corrected chi connectivity index (χ1v) is 10.8. The summed E-state index contributed by atoms with van der Waals surface area (Å²) in [6, 6.07) is 16.0. The van der Waals surface area contributed by atoms with E-state index >= 15 is 0 Å². The molecule has 3 aliphatic rings. The van der Waals surface area contributed by atoms with Crippen LogP contribution in [-0.2, 0) is 6.54 Å². The molecule has 5 nitrogen and oxygen atoms in total. The van der Waals surface area contributed by atoms with Crippen LogP contribution in [0.4, 0.5) is 0 Å². The Bertz CT molecular complexity index is 831. The molecule has 0 saturated carbocycles. The lowest BCUT2D eigenvalue weighted by atomic mass is 9.85. The van der Waals surface area contributed by atoms with E-state index in [0.29, 0.717) is 24.8 Å². The maximum atomic E-state index is 5.57. The van der Waals surface area contributed by atoms with Crippen LogP contribution in [0.3, 0.4) is 0 Å². The molecule has 2 aromatic carbocycles. The van der Waals surface area contributed by atoms with Crippen LogP contribution in [0.15, 0.2) is 47.4 Å². The molecule has 27 heavy (non-hydrogen) atoms. The average molecular weight is 384 g/mol. The van der Waals surface area contributed by atoms with Gasteiger partial charge in [-0.25, -0.2) is 5.43 Å². The highest BCUT2D eigenvalue weighted by atomic mass is 32.2. The van der Waals surface area contributed by atoms with Gasteiger partial charge in [-0.15, -0.1) is 11.8 Å². The molecule has 142 valence electrons. The number of fused-ring (bicyclic) bond motifs is 2. The van der Waals surface area contributed by atoms with Crippen LogP contribution in [0.1, 0.15) is 23.6 Å². The molecule has 2 saturated heterocycles. The number of piperidine rings is 1. The minimum atomic E-state index is 0.296. The maximum Gasteiger partial charge on any atom is 0.231 e. The van der Waals surface area contributed by atoms with Crippen molar-refractivity contribution in [2.45, 2.75) is 29.9 Å². The molecule has 0 spiro atoms. The average Bonchev–Trinajstić information content (AvgIpc) is 3.34. The summed E-state index contributed by atoms with van der Waals surface area (Å²) in [5.41, 5.74) is 9.73. The van der Waals surface area contributed by atoms with Gasteiger partial charge in [-0.1, -0.05) is 18.2 Å². The summed E-state index contributed by atoms with van der Waals surface area (Å²) in [4.78, 5) is 3.93. The fourth-order valence-electron chi connectivity index (χ4n) is 4.48. The summed E-state index contributed by atoms with van der Waals surface area (Å²) >= 11 is 1.81. The van der Waals surface area contributed by atoms with E-state index in [1.54, 1.807) is 0 Å². The van der Waals surface area contributed by atoms with Crippen LogP contribution < -0.4 is 20.3 Å². The molecule has 5 rings (SSSR count). The Kier molecular flexibility index (Phi) is 4.73. The van der Waals surface area contributed by atoms with E-state index in [1.165, 1.54) is 22.4 Å². The largest absolute Gasteiger partial charge is 0.454 e. The van der Waals surface area contributed by atoms with Crippen LogP contribution in [0.2, 0.25) is 0 Å². The van der Waals surface area contributed by atoms with Crippen molar-refractivity contribution in [3.05, 3.63) is 53.6 Å². The Morgan fingerprint density at radius 3 is 2.96 bits per heavy atom. The molecule has 3 heterocycles. The molecule has 3 atom stereocenters. The summed E-state index contributed by atoms with van der Waals surface area (Å²) < 4.78 is 11.0. The van der Waals surface area contributed by atoms with Crippen LogP contribution >= 0.6 is 11.8 Å². The third-order valence-corrected chi connectivity index (χ3v) is 6.62. The summed E-state index contributed by atoms with van der Waals surface area (Å²) in [7, 11) is 0. The SMILES string of the molecule is CSc1cccc(CN2CCC3NNC(c4ccc5c(c4)OCO5)C3C2)c1. The van der Waals surface area contributed by atoms with Gasteiger partial charge in [0.25, 0.3) is 0 Å². The molecule has 0 aliphatic carbocycles. The summed E-state index contributed by atoms with van der Waals surface area (Å²) in [6.45, 7) is 3.57. The van der Waals surface area contributed by atoms with Gasteiger partial charge in [-0.05, 0) is 48.1 Å². The van der Waals surface area contributed by atoms with Crippen molar-refractivity contribution in [3.8, 4) is 11.5 Å². The van der Waals surface area contributed by atoms with Crippen LogP contribution in [-0.4, -0.2) is 37.1 Å². The molecule has 0 radical (unpaired) electrons. The minimum Gasteiger partial charge on any atom is -0.454 e. The molecule has 0 amide bonds. The number of nitrogens with zero attached hydrogens (tertiary/aromatic N) is 1. The highest BCUT2D eigenvalue weighted by molar-refractivity contribution is 7.98. The first-order valence-electron chi connectivity index (χ1n) is 9.56. The third-order valence-electron chi connectivity index (χ3n) is 5.89. The molecule has 2 fully saturated rings. The third kappa shape index (κ3) is 3.43. The standard InChI is InChI=1S/C21H25N3O2S/c1-27-16-4-2-3-14(9-16)11-24-8-7-18-17(12-24)21(23-22-18)15-5-6-19-20(10-15)26-13-25-19/h2-6,9-10,17-18,21-23H,7-8,11-13H2,1H3. The van der Waals surface area contributed by atoms with Crippen molar-refractivity contribution in [2.75, 3.05) is 26.1 Å². The lowest BCUT2D eigenvalue weighted by molar-refractivity contribution is 0.148. The quantitative estimate of drug-likeness (QED) is 0.791. The van der Waals surface area contributed by atoms with Gasteiger partial charge in [-0.2, -0.15) is 0 Å². The number of nitrogens with one attached hydrogen (secondary N) is 2. The van der Waals surface area contributed by atoms with Crippen molar-refractivity contribution in [1.29, 1.82) is 0 Å². The number of hydrazine groups is 1. The number of likely N-dealkylation sites (tertiary alicyclic amines) is 1. The predicted molar refractivity (Wildman–Crippen MR) is 107 cm³/mol. The van der Waals surface area contributed by atoms with Crippen molar-refractivity contribution >= 4 is 11.8 Å². The smallest absolute Gasteiger partial charge is 0.231 e. The van der Waals surface area contributed by atoms with Gasteiger partial charge < -0.3 is 9.47 Å². The van der Waals surface area contributed by atoms with Crippen LogP contribution in [0.5, 0.6) is 11.5 Å². The Morgan fingerprint density at radius 1 is 1.11 bits per heavy atom. The highest BCUT2D eigenvalue weighted by Gasteiger charge is 2.40. The number of thioether (sulfide) groups is 1. The van der Waals surface area contributed by atoms with E-state index in [9.17, 15) is 0 Å². The topological polar surface area (TPSA) is 45.8 Å². The first kappa shape index (κ1) is 17.4. The van der Waals surface area contributed by atoms with Crippen molar-refractivity contribution < 1.29 is 9.47 Å². The molecule has 6 heteroatoms. The lowest BCUT2D eigenvalue weighted by Gasteiger charge is -2.36. The molecule has 2 N–H and O–H groups in total. The summed E-state index contributed by atoms with van der Waals surface area (Å²) in [5, 5.41) is 0. The number of rotatable bonds is 4. The Morgan fingerprint density at radius 2 is 2.04 bits per heavy atom. The molecule has 3 unspecified atom stereocenters. The van der Waals surface area contributed by atoms with E-state index < -0.39 is 0 Å². The number of hydrogen-bond acceptors (Lipinski definition) is 6. The maximum absolute atomic E-state index is 5.57. The van der Waals surface area contributed by atoms with E-state index in [2.05, 4.69) is 58.4 Å². The molecule has 0 aromatic heterocycles. The zero-order chi connectivity index (χ0) is 18.2. The molecule has 3 aliphatic heterocycles. The number of ether oxygens (including phenoxy) is 2. The van der Waals surface area contributed by atoms with E-state index in [4.69, 9.17) is 9.47 Å². The van der Waals surface area contributed by atoms with E-state index in [-0.39, 0.29) is 0 Å². The van der Waals surface area contributed by atoms with E-state index in [1.807, 2.05) is 17.8 Å². The van der Waals surface area contributed by atoms with Gasteiger partial charge in [0.15, 0.2) is 11.5 Å². The van der Waals surface area contributed by atoms with Crippen molar-refractivity contribution in [1.82, 2.24) is 15.8 Å². The highest BCUT2D eigenvalue weighted by Crippen LogP contribution is 2.39. The summed E-state index contributed by atoms with van der Waals surface area (Å²) in [6.07, 6.45) is 3.30. The summed E-state index contributed by atoms with van der Waals surface area (Å²) in [5.74, 6) is 2.25. The predicted octanol–water partition coefficient (Wildman–Crippen LogP) is 3.18. The fourth-order valence-corrected chi connectivity index (χ4v) is 4.97. The van der Waals surface area contributed by atoms with Gasteiger partial charge in [0.2, 0.25) is 6.79 Å². The Hall–Kier alpha value is -1.73. The molecular weight excluding hydrogens is 358 g/mol. The second-order valence-corrected chi connectivity index (χ2v) is 8.40. The second-order valence-electron chi connectivity index (χ2n) is 7.52. The van der Waals surface area contributed by atoms with Gasteiger partial charge in [-0.3, -0.25) is 10.3 Å². The molecular formula is C21H25N3O2S. The number of benzene rings is 2. The lowest BCUT2D eigenvalue weighted by Crippen LogP contribution is -2.45. The Balaban J connectivity index is 1.31. The molecule has 0 bridgehead atoms. The minimum absolute atomic E-state index is 0.296. The second kappa shape index (κ2) is 7.36. The van der Waals surface area contributed by atoms with Crippen molar-refractivity contribution in [2.24, 2.45) is 5.92 Å². The zero-order valence-electron chi connectivity index (χ0n) is 15.5. The van der Waals surface area contributed by atoms with Gasteiger partial charge in [0.05, 0.1) is 6.04 Å². The monoisotopic (exact) mass is 383 g/mol. The fraction of sp³-hybridized carbons (Fsp3) is 0.429.